The number of ketones is 1. The molecule has 1 aliphatic carbocycles. The molecule has 1 aromatic rings. The third-order valence-corrected chi connectivity index (χ3v) is 2.79. The van der Waals surface area contributed by atoms with Crippen LogP contribution in [0.2, 0.25) is 5.15 Å². The van der Waals surface area contributed by atoms with Crippen LogP contribution in [0.1, 0.15) is 30.7 Å². The van der Waals surface area contributed by atoms with Crippen LogP contribution in [-0.4, -0.2) is 10.8 Å². The molecular weight excluding hydrogens is 186 g/mol. The molecule has 0 aromatic carbocycles. The fraction of sp³-hybridized carbons (Fsp3) is 0.400. The molecule has 1 unspecified atom stereocenters. The number of halogens is 1. The van der Waals surface area contributed by atoms with Crippen LogP contribution < -0.4 is 0 Å². The van der Waals surface area contributed by atoms with Gasteiger partial charge in [0.05, 0.1) is 0 Å². The Morgan fingerprint density at radius 2 is 2.38 bits per heavy atom. The van der Waals surface area contributed by atoms with E-state index in [1.807, 2.05) is 12.1 Å². The number of pyridine rings is 1. The zero-order valence-electron chi connectivity index (χ0n) is 7.16. The second kappa shape index (κ2) is 3.46. The maximum Gasteiger partial charge on any atom is 0.133 e. The molecular formula is C10H10ClNO. The maximum absolute atomic E-state index is 11.1. The summed E-state index contributed by atoms with van der Waals surface area (Å²) in [5, 5.41) is 0.544. The highest BCUT2D eigenvalue weighted by atomic mass is 35.5. The molecule has 1 aromatic heterocycles. The Morgan fingerprint density at radius 3 is 3.00 bits per heavy atom. The van der Waals surface area contributed by atoms with Crippen molar-refractivity contribution in [2.45, 2.75) is 25.2 Å². The third-order valence-electron chi connectivity index (χ3n) is 2.47. The third kappa shape index (κ3) is 1.73. The van der Waals surface area contributed by atoms with Gasteiger partial charge in [0, 0.05) is 19.0 Å². The van der Waals surface area contributed by atoms with Gasteiger partial charge in [-0.1, -0.05) is 17.7 Å². The number of rotatable bonds is 1. The van der Waals surface area contributed by atoms with E-state index in [9.17, 15) is 4.79 Å². The minimum Gasteiger partial charge on any atom is -0.300 e. The number of hydrogen-bond donors (Lipinski definition) is 0. The predicted molar refractivity (Wildman–Crippen MR) is 50.8 cm³/mol. The van der Waals surface area contributed by atoms with Gasteiger partial charge in [-0.05, 0) is 24.0 Å². The van der Waals surface area contributed by atoms with E-state index < -0.39 is 0 Å². The van der Waals surface area contributed by atoms with E-state index in [2.05, 4.69) is 4.98 Å². The predicted octanol–water partition coefficient (Wildman–Crippen LogP) is 2.57. The Bertz CT molecular complexity index is 337. The lowest BCUT2D eigenvalue weighted by Crippen LogP contribution is -1.96. The monoisotopic (exact) mass is 195 g/mol. The van der Waals surface area contributed by atoms with E-state index >= 15 is 0 Å². The van der Waals surface area contributed by atoms with Crippen LogP contribution in [0.4, 0.5) is 0 Å². The largest absolute Gasteiger partial charge is 0.300 e. The molecule has 0 N–H and O–H groups in total. The van der Waals surface area contributed by atoms with Gasteiger partial charge in [-0.25, -0.2) is 4.98 Å². The molecule has 0 radical (unpaired) electrons. The zero-order chi connectivity index (χ0) is 9.26. The average Bonchev–Trinajstić information content (AvgIpc) is 2.53. The molecule has 1 heterocycles. The van der Waals surface area contributed by atoms with Crippen molar-refractivity contribution in [1.82, 2.24) is 4.98 Å². The second-order valence-electron chi connectivity index (χ2n) is 3.36. The van der Waals surface area contributed by atoms with Crippen LogP contribution in [0.3, 0.4) is 0 Å². The lowest BCUT2D eigenvalue weighted by atomic mass is 10.00. The summed E-state index contributed by atoms with van der Waals surface area (Å²) < 4.78 is 0. The van der Waals surface area contributed by atoms with Gasteiger partial charge in [0.1, 0.15) is 10.9 Å². The summed E-state index contributed by atoms with van der Waals surface area (Å²) in [6.45, 7) is 0. The minimum atomic E-state index is 0.300. The molecule has 0 saturated heterocycles. The van der Waals surface area contributed by atoms with Crippen LogP contribution in [0.25, 0.3) is 0 Å². The lowest BCUT2D eigenvalue weighted by Gasteiger charge is -2.08. The summed E-state index contributed by atoms with van der Waals surface area (Å²) in [6, 6.07) is 3.82. The standard InChI is InChI=1S/C10H10ClNO/c11-10-9(2-1-5-12-10)7-3-4-8(13)6-7/h1-2,5,7H,3-4,6H2. The van der Waals surface area contributed by atoms with Crippen LogP contribution in [0.15, 0.2) is 18.3 Å². The molecule has 3 heteroatoms. The van der Waals surface area contributed by atoms with Crippen molar-refractivity contribution in [3.05, 3.63) is 29.0 Å². The Kier molecular flexibility index (Phi) is 2.32. The number of carbonyl (C=O) groups is 1. The number of Topliss-reactive ketones (excluding diaryl/α,β-unsaturated/α-hetero) is 1. The smallest absolute Gasteiger partial charge is 0.133 e. The van der Waals surface area contributed by atoms with Gasteiger partial charge in [0.25, 0.3) is 0 Å². The molecule has 2 nitrogen and oxygen atoms in total. The first-order valence-electron chi connectivity index (χ1n) is 4.39. The normalized spacial score (nSPS) is 22.2. The van der Waals surface area contributed by atoms with E-state index in [4.69, 9.17) is 11.6 Å². The topological polar surface area (TPSA) is 30.0 Å². The molecule has 0 aliphatic heterocycles. The van der Waals surface area contributed by atoms with E-state index in [0.29, 0.717) is 29.7 Å². The fourth-order valence-electron chi connectivity index (χ4n) is 1.78. The Balaban J connectivity index is 2.26. The van der Waals surface area contributed by atoms with Gasteiger partial charge >= 0.3 is 0 Å². The molecule has 1 saturated carbocycles. The van der Waals surface area contributed by atoms with Crippen molar-refractivity contribution in [2.75, 3.05) is 0 Å². The summed E-state index contributed by atoms with van der Waals surface area (Å²) in [6.07, 6.45) is 3.91. The Labute approximate surface area is 81.9 Å². The minimum absolute atomic E-state index is 0.300. The Morgan fingerprint density at radius 1 is 1.54 bits per heavy atom. The molecule has 1 atom stereocenters. The highest BCUT2D eigenvalue weighted by Gasteiger charge is 2.25. The fourth-order valence-corrected chi connectivity index (χ4v) is 2.06. The lowest BCUT2D eigenvalue weighted by molar-refractivity contribution is -0.117. The molecule has 68 valence electrons. The van der Waals surface area contributed by atoms with Crippen molar-refractivity contribution in [3.63, 3.8) is 0 Å². The first-order valence-corrected chi connectivity index (χ1v) is 4.77. The Hall–Kier alpha value is -0.890. The van der Waals surface area contributed by atoms with Crippen LogP contribution in [0.5, 0.6) is 0 Å². The average molecular weight is 196 g/mol. The van der Waals surface area contributed by atoms with Gasteiger partial charge in [0.15, 0.2) is 0 Å². The van der Waals surface area contributed by atoms with Crippen molar-refractivity contribution < 1.29 is 4.79 Å². The van der Waals surface area contributed by atoms with Gasteiger partial charge in [-0.3, -0.25) is 4.79 Å². The van der Waals surface area contributed by atoms with Gasteiger partial charge in [-0.15, -0.1) is 0 Å². The highest BCUT2D eigenvalue weighted by molar-refractivity contribution is 6.30. The molecule has 13 heavy (non-hydrogen) atoms. The first-order chi connectivity index (χ1) is 6.27. The first kappa shape index (κ1) is 8.70. The molecule has 2 rings (SSSR count). The molecule has 1 fully saturated rings. The maximum atomic E-state index is 11.1. The number of carbonyl (C=O) groups excluding carboxylic acids is 1. The van der Waals surface area contributed by atoms with Gasteiger partial charge in [0.2, 0.25) is 0 Å². The number of aromatic nitrogens is 1. The van der Waals surface area contributed by atoms with Crippen LogP contribution in [-0.2, 0) is 4.79 Å². The van der Waals surface area contributed by atoms with Crippen molar-refractivity contribution in [3.8, 4) is 0 Å². The van der Waals surface area contributed by atoms with Crippen LogP contribution >= 0.6 is 11.6 Å². The van der Waals surface area contributed by atoms with Crippen molar-refractivity contribution in [2.24, 2.45) is 0 Å². The summed E-state index contributed by atoms with van der Waals surface area (Å²) in [4.78, 5) is 15.1. The van der Waals surface area contributed by atoms with Gasteiger partial charge in [-0.2, -0.15) is 0 Å². The SMILES string of the molecule is O=C1CCC(c2cccnc2Cl)C1. The quantitative estimate of drug-likeness (QED) is 0.645. The summed E-state index contributed by atoms with van der Waals surface area (Å²) in [7, 11) is 0. The van der Waals surface area contributed by atoms with Crippen molar-refractivity contribution in [1.29, 1.82) is 0 Å². The van der Waals surface area contributed by atoms with Gasteiger partial charge < -0.3 is 0 Å². The number of nitrogens with zero attached hydrogens (tertiary/aromatic N) is 1. The van der Waals surface area contributed by atoms with E-state index in [1.165, 1.54) is 0 Å². The summed E-state index contributed by atoms with van der Waals surface area (Å²) in [5.41, 5.74) is 1.02. The highest BCUT2D eigenvalue weighted by Crippen LogP contribution is 2.34. The summed E-state index contributed by atoms with van der Waals surface area (Å²) >= 11 is 5.93. The van der Waals surface area contributed by atoms with E-state index in [0.717, 1.165) is 12.0 Å². The zero-order valence-corrected chi connectivity index (χ0v) is 7.92. The molecule has 0 spiro atoms. The second-order valence-corrected chi connectivity index (χ2v) is 3.72. The molecule has 1 aliphatic rings. The van der Waals surface area contributed by atoms with E-state index in [1.54, 1.807) is 6.20 Å². The number of hydrogen-bond acceptors (Lipinski definition) is 2. The summed E-state index contributed by atoms with van der Waals surface area (Å²) in [5.74, 6) is 0.638. The van der Waals surface area contributed by atoms with Crippen LogP contribution in [0, 0.1) is 0 Å². The molecule has 0 amide bonds. The van der Waals surface area contributed by atoms with Crippen molar-refractivity contribution >= 4 is 17.4 Å². The molecule has 0 bridgehead atoms. The van der Waals surface area contributed by atoms with E-state index in [-0.39, 0.29) is 0 Å².